The largest absolute Gasteiger partial charge is 0.389 e. The molecule has 0 saturated heterocycles. The number of aliphatic hydroxyl groups excluding tert-OH is 1. The van der Waals surface area contributed by atoms with Crippen LogP contribution in [0.3, 0.4) is 0 Å². The molecule has 4 rings (SSSR count). The van der Waals surface area contributed by atoms with Crippen LogP contribution >= 0.6 is 0 Å². The maximum Gasteiger partial charge on any atom is 0.225 e. The van der Waals surface area contributed by atoms with Gasteiger partial charge in [0.2, 0.25) is 5.95 Å². The van der Waals surface area contributed by atoms with Gasteiger partial charge >= 0.3 is 0 Å². The Labute approximate surface area is 161 Å². The number of nitrogens with one attached hydrogen (secondary N) is 1. The van der Waals surface area contributed by atoms with E-state index in [4.69, 9.17) is 9.97 Å². The number of fused-ring (bicyclic) bond motifs is 1. The topological polar surface area (TPSA) is 61.3 Å². The number of hydrogen-bond acceptors (Lipinski definition) is 5. The molecule has 5 nitrogen and oxygen atoms in total. The molecule has 1 fully saturated rings. The standard InChI is InChI=1S/C22H30N4O/c1-4-14(2)23-22-24-20(16-5-6-16)12-21(25-22)26-10-9-18-11-17(15(3)27)7-8-19(18)13-26/h7-8,11-12,14-16,27H,4-6,9-10,13H2,1-3H3,(H,23,24,25)/t14-,15+/m1/s1. The van der Waals surface area contributed by atoms with Gasteiger partial charge < -0.3 is 15.3 Å². The first kappa shape index (κ1) is 18.2. The van der Waals surface area contributed by atoms with Crippen LogP contribution in [0.5, 0.6) is 0 Å². The third kappa shape index (κ3) is 4.08. The summed E-state index contributed by atoms with van der Waals surface area (Å²) in [6.07, 6.45) is 4.10. The van der Waals surface area contributed by atoms with Crippen molar-refractivity contribution in [2.45, 2.75) is 71.1 Å². The van der Waals surface area contributed by atoms with Gasteiger partial charge in [-0.05, 0) is 56.2 Å². The van der Waals surface area contributed by atoms with Crippen LogP contribution in [0.15, 0.2) is 24.3 Å². The fraction of sp³-hybridized carbons (Fsp3) is 0.545. The van der Waals surface area contributed by atoms with Crippen LogP contribution in [0.2, 0.25) is 0 Å². The summed E-state index contributed by atoms with van der Waals surface area (Å²) in [5.74, 6) is 2.40. The summed E-state index contributed by atoms with van der Waals surface area (Å²) >= 11 is 0. The summed E-state index contributed by atoms with van der Waals surface area (Å²) in [6, 6.07) is 8.91. The maximum atomic E-state index is 9.83. The van der Waals surface area contributed by atoms with Gasteiger partial charge in [-0.25, -0.2) is 4.98 Å². The summed E-state index contributed by atoms with van der Waals surface area (Å²) in [6.45, 7) is 7.97. The molecule has 0 spiro atoms. The van der Waals surface area contributed by atoms with Crippen molar-refractivity contribution in [1.29, 1.82) is 0 Å². The van der Waals surface area contributed by atoms with Gasteiger partial charge in [-0.3, -0.25) is 0 Å². The lowest BCUT2D eigenvalue weighted by Crippen LogP contribution is -2.31. The zero-order chi connectivity index (χ0) is 19.0. The lowest BCUT2D eigenvalue weighted by atomic mass is 9.96. The minimum absolute atomic E-state index is 0.369. The van der Waals surface area contributed by atoms with Crippen molar-refractivity contribution < 1.29 is 5.11 Å². The van der Waals surface area contributed by atoms with Gasteiger partial charge in [0, 0.05) is 31.1 Å². The molecule has 1 aliphatic carbocycles. The molecule has 0 amide bonds. The number of aliphatic hydroxyl groups is 1. The average molecular weight is 367 g/mol. The van der Waals surface area contributed by atoms with E-state index in [2.05, 4.69) is 42.3 Å². The van der Waals surface area contributed by atoms with Gasteiger partial charge in [0.05, 0.1) is 11.8 Å². The summed E-state index contributed by atoms with van der Waals surface area (Å²) in [5, 5.41) is 13.3. The van der Waals surface area contributed by atoms with Gasteiger partial charge in [0.1, 0.15) is 5.82 Å². The lowest BCUT2D eigenvalue weighted by molar-refractivity contribution is 0.199. The van der Waals surface area contributed by atoms with Gasteiger partial charge in [-0.15, -0.1) is 0 Å². The molecule has 27 heavy (non-hydrogen) atoms. The lowest BCUT2D eigenvalue weighted by Gasteiger charge is -2.31. The minimum Gasteiger partial charge on any atom is -0.389 e. The Kier molecular flexibility index (Phi) is 5.04. The SMILES string of the molecule is CC[C@@H](C)Nc1nc(C2CC2)cc(N2CCc3cc([C@H](C)O)ccc3C2)n1. The highest BCUT2D eigenvalue weighted by atomic mass is 16.3. The third-order valence-corrected chi connectivity index (χ3v) is 5.76. The molecule has 0 unspecified atom stereocenters. The van der Waals surface area contributed by atoms with Gasteiger partial charge in [0.25, 0.3) is 0 Å². The molecule has 1 aliphatic heterocycles. The monoisotopic (exact) mass is 366 g/mol. The Hall–Kier alpha value is -2.14. The van der Waals surface area contributed by atoms with Crippen molar-refractivity contribution in [3.05, 3.63) is 46.6 Å². The van der Waals surface area contributed by atoms with E-state index in [1.165, 1.54) is 29.7 Å². The second-order valence-corrected chi connectivity index (χ2v) is 8.08. The van der Waals surface area contributed by atoms with E-state index >= 15 is 0 Å². The van der Waals surface area contributed by atoms with Crippen LogP contribution in [-0.2, 0) is 13.0 Å². The second-order valence-electron chi connectivity index (χ2n) is 8.08. The van der Waals surface area contributed by atoms with Crippen molar-refractivity contribution in [2.75, 3.05) is 16.8 Å². The highest BCUT2D eigenvalue weighted by Crippen LogP contribution is 2.40. The normalized spacial score (nSPS) is 18.7. The summed E-state index contributed by atoms with van der Waals surface area (Å²) in [5.41, 5.74) is 4.86. The first-order chi connectivity index (χ1) is 13.0. The molecule has 2 aliphatic rings. The fourth-order valence-corrected chi connectivity index (χ4v) is 3.62. The van der Waals surface area contributed by atoms with E-state index in [9.17, 15) is 5.11 Å². The highest BCUT2D eigenvalue weighted by Gasteiger charge is 2.28. The third-order valence-electron chi connectivity index (χ3n) is 5.76. The molecule has 5 heteroatoms. The molecule has 2 aromatic rings. The van der Waals surface area contributed by atoms with Crippen LogP contribution in [0.4, 0.5) is 11.8 Å². The minimum atomic E-state index is -0.412. The molecule has 2 N–H and O–H groups in total. The first-order valence-corrected chi connectivity index (χ1v) is 10.2. The highest BCUT2D eigenvalue weighted by molar-refractivity contribution is 5.50. The molecule has 0 radical (unpaired) electrons. The second kappa shape index (κ2) is 7.47. The van der Waals surface area contributed by atoms with E-state index in [0.717, 1.165) is 43.3 Å². The summed E-state index contributed by atoms with van der Waals surface area (Å²) in [4.78, 5) is 12.0. The molecule has 2 heterocycles. The van der Waals surface area contributed by atoms with Crippen LogP contribution in [0.25, 0.3) is 0 Å². The molecule has 144 valence electrons. The zero-order valence-corrected chi connectivity index (χ0v) is 16.6. The molecule has 1 saturated carbocycles. The predicted octanol–water partition coefficient (Wildman–Crippen LogP) is 4.18. The van der Waals surface area contributed by atoms with Gasteiger partial charge in [0.15, 0.2) is 0 Å². The van der Waals surface area contributed by atoms with Crippen LogP contribution < -0.4 is 10.2 Å². The number of nitrogens with zero attached hydrogens (tertiary/aromatic N) is 3. The van der Waals surface area contributed by atoms with Gasteiger partial charge in [-0.2, -0.15) is 4.98 Å². The number of benzene rings is 1. The van der Waals surface area contributed by atoms with Crippen LogP contribution in [-0.4, -0.2) is 27.7 Å². The molecular formula is C22H30N4O. The number of hydrogen-bond donors (Lipinski definition) is 2. The summed E-state index contributed by atoms with van der Waals surface area (Å²) in [7, 11) is 0. The molecule has 1 aromatic carbocycles. The van der Waals surface area contributed by atoms with Crippen molar-refractivity contribution in [2.24, 2.45) is 0 Å². The predicted molar refractivity (Wildman–Crippen MR) is 109 cm³/mol. The van der Waals surface area contributed by atoms with Crippen LogP contribution in [0, 0.1) is 0 Å². The molecule has 2 atom stereocenters. The van der Waals surface area contributed by atoms with Crippen molar-refractivity contribution in [3.63, 3.8) is 0 Å². The van der Waals surface area contributed by atoms with Gasteiger partial charge in [-0.1, -0.05) is 25.1 Å². The number of rotatable bonds is 6. The smallest absolute Gasteiger partial charge is 0.225 e. The molecule has 1 aromatic heterocycles. The number of anilines is 2. The Balaban J connectivity index is 1.59. The Bertz CT molecular complexity index is 816. The Morgan fingerprint density at radius 2 is 2.00 bits per heavy atom. The quantitative estimate of drug-likeness (QED) is 0.803. The Morgan fingerprint density at radius 1 is 1.19 bits per heavy atom. The Morgan fingerprint density at radius 3 is 2.70 bits per heavy atom. The summed E-state index contributed by atoms with van der Waals surface area (Å²) < 4.78 is 0. The van der Waals surface area contributed by atoms with E-state index in [-0.39, 0.29) is 0 Å². The zero-order valence-electron chi connectivity index (χ0n) is 16.6. The van der Waals surface area contributed by atoms with Crippen molar-refractivity contribution in [1.82, 2.24) is 9.97 Å². The average Bonchev–Trinajstić information content (AvgIpc) is 3.52. The van der Waals surface area contributed by atoms with Crippen molar-refractivity contribution in [3.8, 4) is 0 Å². The maximum absolute atomic E-state index is 9.83. The number of aromatic nitrogens is 2. The fourth-order valence-electron chi connectivity index (χ4n) is 3.62. The molecule has 0 bridgehead atoms. The van der Waals surface area contributed by atoms with E-state index in [0.29, 0.717) is 12.0 Å². The first-order valence-electron chi connectivity index (χ1n) is 10.2. The van der Waals surface area contributed by atoms with E-state index < -0.39 is 6.10 Å². The van der Waals surface area contributed by atoms with E-state index in [1.54, 1.807) is 0 Å². The molecular weight excluding hydrogens is 336 g/mol. The van der Waals surface area contributed by atoms with E-state index in [1.807, 2.05) is 13.0 Å². The van der Waals surface area contributed by atoms with Crippen molar-refractivity contribution >= 4 is 11.8 Å². The van der Waals surface area contributed by atoms with Crippen LogP contribution in [0.1, 0.15) is 74.4 Å².